The van der Waals surface area contributed by atoms with E-state index in [2.05, 4.69) is 8.37 Å². The SMILES string of the molecule is Cc1ccc(-c2cc(OS(=O)(=O)C(F)(F)F)c([Si](C)(C)C)c(OS(=O)(=O)C(F)(F)F)c2)cc1. The maximum absolute atomic E-state index is 13.0. The van der Waals surface area contributed by atoms with Gasteiger partial charge in [0.05, 0.1) is 8.07 Å². The van der Waals surface area contributed by atoms with Crippen molar-refractivity contribution < 1.29 is 51.5 Å². The third-order valence-corrected chi connectivity index (χ3v) is 8.09. The molecule has 0 aliphatic carbocycles. The molecule has 2 rings (SSSR count). The Morgan fingerprint density at radius 2 is 1.06 bits per heavy atom. The first-order valence-corrected chi connectivity index (χ1v) is 15.2. The van der Waals surface area contributed by atoms with Crippen molar-refractivity contribution in [3.05, 3.63) is 42.0 Å². The molecule has 0 amide bonds. The Morgan fingerprint density at radius 3 is 1.36 bits per heavy atom. The molecule has 0 spiro atoms. The van der Waals surface area contributed by atoms with Gasteiger partial charge in [-0.1, -0.05) is 49.5 Å². The van der Waals surface area contributed by atoms with Crippen LogP contribution in [0, 0.1) is 6.92 Å². The van der Waals surface area contributed by atoms with Crippen molar-refractivity contribution in [3.8, 4) is 22.6 Å². The third kappa shape index (κ3) is 6.00. The lowest BCUT2D eigenvalue weighted by Crippen LogP contribution is -2.42. The van der Waals surface area contributed by atoms with Gasteiger partial charge in [-0.3, -0.25) is 0 Å². The molecular formula is C18H18F6O6S2Si. The zero-order valence-corrected chi connectivity index (χ0v) is 20.1. The highest BCUT2D eigenvalue weighted by Crippen LogP contribution is 2.36. The zero-order valence-electron chi connectivity index (χ0n) is 17.5. The minimum atomic E-state index is -6.23. The van der Waals surface area contributed by atoms with E-state index >= 15 is 0 Å². The molecule has 15 heteroatoms. The molecule has 33 heavy (non-hydrogen) atoms. The van der Waals surface area contributed by atoms with E-state index in [1.165, 1.54) is 31.8 Å². The molecular weight excluding hydrogens is 518 g/mol. The molecule has 0 saturated heterocycles. The minimum Gasteiger partial charge on any atom is -0.376 e. The van der Waals surface area contributed by atoms with Crippen LogP contribution >= 0.6 is 0 Å². The lowest BCUT2D eigenvalue weighted by Gasteiger charge is -2.25. The van der Waals surface area contributed by atoms with Crippen molar-refractivity contribution in [1.29, 1.82) is 0 Å². The summed E-state index contributed by atoms with van der Waals surface area (Å²) < 4.78 is 133. The van der Waals surface area contributed by atoms with Gasteiger partial charge in [-0.15, -0.1) is 0 Å². The summed E-state index contributed by atoms with van der Waals surface area (Å²) in [6, 6.07) is 7.80. The molecule has 0 heterocycles. The molecule has 0 aliphatic heterocycles. The quantitative estimate of drug-likeness (QED) is 0.231. The van der Waals surface area contributed by atoms with Crippen LogP contribution in [0.1, 0.15) is 5.56 Å². The highest BCUT2D eigenvalue weighted by Gasteiger charge is 2.51. The van der Waals surface area contributed by atoms with Crippen molar-refractivity contribution in [3.63, 3.8) is 0 Å². The lowest BCUT2D eigenvalue weighted by molar-refractivity contribution is -0.0502. The maximum Gasteiger partial charge on any atom is 0.534 e. The topological polar surface area (TPSA) is 86.7 Å². The number of hydrogen-bond acceptors (Lipinski definition) is 6. The Balaban J connectivity index is 2.90. The molecule has 2 aromatic carbocycles. The van der Waals surface area contributed by atoms with Crippen LogP contribution in [-0.2, 0) is 20.2 Å². The lowest BCUT2D eigenvalue weighted by atomic mass is 10.0. The minimum absolute atomic E-state index is 0.128. The van der Waals surface area contributed by atoms with Gasteiger partial charge >= 0.3 is 31.3 Å². The molecule has 0 fully saturated rings. The monoisotopic (exact) mass is 536 g/mol. The number of alkyl halides is 6. The summed E-state index contributed by atoms with van der Waals surface area (Å²) in [6.45, 7) is 5.99. The summed E-state index contributed by atoms with van der Waals surface area (Å²) in [5.41, 5.74) is -10.8. The first-order valence-electron chi connectivity index (χ1n) is 8.93. The Kier molecular flexibility index (Phi) is 6.95. The second-order valence-corrected chi connectivity index (χ2v) is 16.0. The predicted molar refractivity (Wildman–Crippen MR) is 111 cm³/mol. The summed E-state index contributed by atoms with van der Waals surface area (Å²) in [5.74, 6) is -1.95. The van der Waals surface area contributed by atoms with Gasteiger partial charge in [0.1, 0.15) is 11.5 Å². The molecule has 2 aromatic rings. The van der Waals surface area contributed by atoms with Crippen molar-refractivity contribution >= 4 is 33.5 Å². The first kappa shape index (κ1) is 27.0. The van der Waals surface area contributed by atoms with E-state index in [4.69, 9.17) is 0 Å². The van der Waals surface area contributed by atoms with Gasteiger partial charge in [0.2, 0.25) is 0 Å². The van der Waals surface area contributed by atoms with Gasteiger partial charge in [-0.2, -0.15) is 43.2 Å². The second kappa shape index (κ2) is 8.50. The molecule has 6 nitrogen and oxygen atoms in total. The molecule has 0 aliphatic rings. The number of aryl methyl sites for hydroxylation is 1. The molecule has 0 saturated carbocycles. The zero-order chi connectivity index (χ0) is 25.6. The summed E-state index contributed by atoms with van der Waals surface area (Å²) in [6.07, 6.45) is 0. The van der Waals surface area contributed by atoms with E-state index < -0.39 is 56.0 Å². The number of benzene rings is 2. The summed E-state index contributed by atoms with van der Waals surface area (Å²) >= 11 is 0. The molecule has 0 N–H and O–H groups in total. The molecule has 0 atom stereocenters. The van der Waals surface area contributed by atoms with Crippen molar-refractivity contribution in [1.82, 2.24) is 0 Å². The van der Waals surface area contributed by atoms with Crippen molar-refractivity contribution in [2.24, 2.45) is 0 Å². The standard InChI is InChI=1S/C18H18F6O6S2Si/c1-11-5-7-12(8-6-11)13-9-14(29-31(25,26)17(19,20)21)16(33(2,3)4)15(10-13)30-32(27,28)18(22,23)24/h5-10H,1-4H3. The van der Waals surface area contributed by atoms with E-state index in [0.717, 1.165) is 17.7 Å². The van der Waals surface area contributed by atoms with Crippen LogP contribution in [0.3, 0.4) is 0 Å². The molecule has 0 bridgehead atoms. The highest BCUT2D eigenvalue weighted by molar-refractivity contribution is 7.88. The van der Waals surface area contributed by atoms with Crippen molar-refractivity contribution in [2.75, 3.05) is 0 Å². The fourth-order valence-electron chi connectivity index (χ4n) is 2.70. The van der Waals surface area contributed by atoms with Crippen LogP contribution in [-0.4, -0.2) is 35.9 Å². The number of halogens is 6. The molecule has 0 radical (unpaired) electrons. The van der Waals surface area contributed by atoms with Gasteiger partial charge in [0.25, 0.3) is 0 Å². The highest BCUT2D eigenvalue weighted by atomic mass is 32.2. The fraction of sp³-hybridized carbons (Fsp3) is 0.333. The summed E-state index contributed by atoms with van der Waals surface area (Å²) in [5, 5.41) is -0.501. The summed E-state index contributed by atoms with van der Waals surface area (Å²) in [7, 11) is -15.6. The number of rotatable bonds is 6. The van der Waals surface area contributed by atoms with Crippen molar-refractivity contribution in [2.45, 2.75) is 37.6 Å². The van der Waals surface area contributed by atoms with Crippen LogP contribution in [0.4, 0.5) is 26.3 Å². The van der Waals surface area contributed by atoms with E-state index in [1.807, 2.05) is 0 Å². The predicted octanol–water partition coefficient (Wildman–Crippen LogP) is 4.66. The van der Waals surface area contributed by atoms with Crippen LogP contribution in [0.2, 0.25) is 19.6 Å². The Labute approximate surface area is 187 Å². The van der Waals surface area contributed by atoms with E-state index in [0.29, 0.717) is 0 Å². The van der Waals surface area contributed by atoms with E-state index in [9.17, 15) is 43.2 Å². The fourth-order valence-corrected chi connectivity index (χ4v) is 5.50. The Bertz CT molecular complexity index is 1180. The average molecular weight is 537 g/mol. The largest absolute Gasteiger partial charge is 0.534 e. The number of hydrogen-bond donors (Lipinski definition) is 0. The van der Waals surface area contributed by atoms with Crippen LogP contribution in [0.25, 0.3) is 11.1 Å². The van der Waals surface area contributed by atoms with Crippen LogP contribution < -0.4 is 13.6 Å². The van der Waals surface area contributed by atoms with Gasteiger partial charge in [-0.25, -0.2) is 0 Å². The van der Waals surface area contributed by atoms with Crippen LogP contribution in [0.5, 0.6) is 11.5 Å². The maximum atomic E-state index is 13.0. The first-order chi connectivity index (χ1) is 14.7. The molecule has 0 aromatic heterocycles. The third-order valence-electron chi connectivity index (χ3n) is 4.17. The Hall–Kier alpha value is -2.26. The Morgan fingerprint density at radius 1 is 0.697 bits per heavy atom. The molecule has 0 unspecified atom stereocenters. The average Bonchev–Trinajstić information content (AvgIpc) is 2.58. The normalized spacial score (nSPS) is 13.6. The second-order valence-electron chi connectivity index (χ2n) is 7.93. The van der Waals surface area contributed by atoms with E-state index in [1.54, 1.807) is 19.1 Å². The van der Waals surface area contributed by atoms with Gasteiger partial charge in [-0.05, 0) is 30.2 Å². The smallest absolute Gasteiger partial charge is 0.376 e. The van der Waals surface area contributed by atoms with Crippen LogP contribution in [0.15, 0.2) is 36.4 Å². The van der Waals surface area contributed by atoms with Gasteiger partial charge < -0.3 is 8.37 Å². The van der Waals surface area contributed by atoms with E-state index in [-0.39, 0.29) is 11.1 Å². The summed E-state index contributed by atoms with van der Waals surface area (Å²) in [4.78, 5) is 0. The molecule has 184 valence electrons. The van der Waals surface area contributed by atoms with Gasteiger partial charge in [0.15, 0.2) is 0 Å². The van der Waals surface area contributed by atoms with Gasteiger partial charge in [0, 0.05) is 5.19 Å².